The number of non-ortho nitro benzene ring substituents is 1. The van der Waals surface area contributed by atoms with Crippen molar-refractivity contribution < 1.29 is 4.92 Å². The van der Waals surface area contributed by atoms with Crippen LogP contribution in [0.2, 0.25) is 5.02 Å². The van der Waals surface area contributed by atoms with Crippen molar-refractivity contribution in [3.63, 3.8) is 0 Å². The molecule has 0 amide bonds. The lowest BCUT2D eigenvalue weighted by Crippen LogP contribution is -2.44. The molecule has 1 saturated heterocycles. The van der Waals surface area contributed by atoms with Gasteiger partial charge in [-0.05, 0) is 18.6 Å². The predicted molar refractivity (Wildman–Crippen MR) is 71.0 cm³/mol. The van der Waals surface area contributed by atoms with Crippen LogP contribution in [-0.2, 0) is 0 Å². The minimum absolute atomic E-state index is 0.0939. The highest BCUT2D eigenvalue weighted by Gasteiger charge is 2.21. The van der Waals surface area contributed by atoms with Crippen LogP contribution in [0.15, 0.2) is 18.2 Å². The number of benzene rings is 1. The third-order valence-electron chi connectivity index (χ3n) is 3.34. The molecule has 1 aromatic rings. The van der Waals surface area contributed by atoms with E-state index < -0.39 is 0 Å². The zero-order valence-corrected chi connectivity index (χ0v) is 11.0. The van der Waals surface area contributed by atoms with Crippen LogP contribution in [0.1, 0.15) is 18.5 Å². The molecule has 18 heavy (non-hydrogen) atoms. The Hall–Kier alpha value is -1.17. The third kappa shape index (κ3) is 2.80. The Morgan fingerprint density at radius 3 is 2.72 bits per heavy atom. The number of halogens is 1. The molecule has 0 bridgehead atoms. The summed E-state index contributed by atoms with van der Waals surface area (Å²) in [6.07, 6.45) is 0. The largest absolute Gasteiger partial charge is 0.314 e. The molecule has 0 radical (unpaired) electrons. The smallest absolute Gasteiger partial charge is 0.269 e. The second-order valence-corrected chi connectivity index (χ2v) is 4.83. The first-order valence-corrected chi connectivity index (χ1v) is 6.36. The van der Waals surface area contributed by atoms with Crippen LogP contribution in [-0.4, -0.2) is 36.0 Å². The molecule has 1 fully saturated rings. The van der Waals surface area contributed by atoms with E-state index in [1.54, 1.807) is 12.1 Å². The van der Waals surface area contributed by atoms with E-state index in [0.29, 0.717) is 5.02 Å². The Labute approximate surface area is 111 Å². The summed E-state index contributed by atoms with van der Waals surface area (Å²) in [5, 5.41) is 14.7. The van der Waals surface area contributed by atoms with E-state index in [2.05, 4.69) is 10.2 Å². The van der Waals surface area contributed by atoms with Crippen molar-refractivity contribution in [3.05, 3.63) is 38.9 Å². The molecule has 0 aromatic heterocycles. The standard InChI is InChI=1S/C12H16ClN3O2/c1-9(15-6-4-14-5-7-15)11-8-10(16(17)18)2-3-12(11)13/h2-3,8-9,14H,4-7H2,1H3/t9-/m1/s1. The normalized spacial score (nSPS) is 18.6. The Morgan fingerprint density at radius 1 is 1.44 bits per heavy atom. The van der Waals surface area contributed by atoms with Gasteiger partial charge in [0, 0.05) is 49.4 Å². The predicted octanol–water partition coefficient (Wildman–Crippen LogP) is 2.21. The maximum Gasteiger partial charge on any atom is 0.269 e. The zero-order valence-electron chi connectivity index (χ0n) is 10.2. The molecule has 98 valence electrons. The summed E-state index contributed by atoms with van der Waals surface area (Å²) in [7, 11) is 0. The maximum atomic E-state index is 10.8. The Kier molecular flexibility index (Phi) is 4.16. The number of piperazine rings is 1. The van der Waals surface area contributed by atoms with Crippen molar-refractivity contribution in [2.45, 2.75) is 13.0 Å². The molecule has 1 aliphatic rings. The average Bonchev–Trinajstić information content (AvgIpc) is 2.39. The summed E-state index contributed by atoms with van der Waals surface area (Å²) in [6, 6.07) is 4.72. The fraction of sp³-hybridized carbons (Fsp3) is 0.500. The van der Waals surface area contributed by atoms with Crippen molar-refractivity contribution >= 4 is 17.3 Å². The fourth-order valence-electron chi connectivity index (χ4n) is 2.23. The van der Waals surface area contributed by atoms with Crippen molar-refractivity contribution in [1.82, 2.24) is 10.2 Å². The number of nitro benzene ring substituents is 1. The molecule has 5 nitrogen and oxygen atoms in total. The highest BCUT2D eigenvalue weighted by Crippen LogP contribution is 2.30. The topological polar surface area (TPSA) is 58.4 Å². The molecule has 0 spiro atoms. The molecule has 1 heterocycles. The van der Waals surface area contributed by atoms with Crippen LogP contribution in [0.4, 0.5) is 5.69 Å². The Morgan fingerprint density at radius 2 is 2.11 bits per heavy atom. The van der Waals surface area contributed by atoms with Gasteiger partial charge in [-0.1, -0.05) is 11.6 Å². The molecular formula is C12H16ClN3O2. The Bertz CT molecular complexity index is 447. The molecule has 1 N–H and O–H groups in total. The Balaban J connectivity index is 2.25. The van der Waals surface area contributed by atoms with Gasteiger partial charge in [0.05, 0.1) is 4.92 Å². The number of rotatable bonds is 3. The lowest BCUT2D eigenvalue weighted by molar-refractivity contribution is -0.384. The van der Waals surface area contributed by atoms with Gasteiger partial charge in [0.1, 0.15) is 0 Å². The minimum atomic E-state index is -0.385. The van der Waals surface area contributed by atoms with E-state index in [9.17, 15) is 10.1 Å². The van der Waals surface area contributed by atoms with Gasteiger partial charge in [-0.25, -0.2) is 0 Å². The first-order chi connectivity index (χ1) is 8.59. The van der Waals surface area contributed by atoms with E-state index in [-0.39, 0.29) is 16.7 Å². The molecule has 0 aliphatic carbocycles. The van der Waals surface area contributed by atoms with Crippen LogP contribution in [0.25, 0.3) is 0 Å². The van der Waals surface area contributed by atoms with Gasteiger partial charge in [0.25, 0.3) is 5.69 Å². The zero-order chi connectivity index (χ0) is 13.1. The van der Waals surface area contributed by atoms with Crippen molar-refractivity contribution in [2.24, 2.45) is 0 Å². The van der Waals surface area contributed by atoms with Gasteiger partial charge in [-0.3, -0.25) is 15.0 Å². The lowest BCUT2D eigenvalue weighted by atomic mass is 10.1. The van der Waals surface area contributed by atoms with E-state index in [1.165, 1.54) is 6.07 Å². The molecule has 1 aliphatic heterocycles. The van der Waals surface area contributed by atoms with E-state index >= 15 is 0 Å². The minimum Gasteiger partial charge on any atom is -0.314 e. The van der Waals surface area contributed by atoms with Crippen molar-refractivity contribution in [3.8, 4) is 0 Å². The highest BCUT2D eigenvalue weighted by atomic mass is 35.5. The van der Waals surface area contributed by atoms with E-state index in [0.717, 1.165) is 31.7 Å². The van der Waals surface area contributed by atoms with Gasteiger partial charge >= 0.3 is 0 Å². The summed E-state index contributed by atoms with van der Waals surface area (Å²) in [5.74, 6) is 0. The third-order valence-corrected chi connectivity index (χ3v) is 3.68. The SMILES string of the molecule is C[C@H](c1cc([N+](=O)[O-])ccc1Cl)N1CCNCC1. The van der Waals surface area contributed by atoms with Gasteiger partial charge < -0.3 is 5.32 Å². The van der Waals surface area contributed by atoms with Gasteiger partial charge in [0.2, 0.25) is 0 Å². The summed E-state index contributed by atoms with van der Waals surface area (Å²) in [6.45, 7) is 5.78. The van der Waals surface area contributed by atoms with Gasteiger partial charge in [-0.15, -0.1) is 0 Å². The number of hydrogen-bond donors (Lipinski definition) is 1. The molecule has 2 rings (SSSR count). The maximum absolute atomic E-state index is 10.8. The monoisotopic (exact) mass is 269 g/mol. The van der Waals surface area contributed by atoms with Crippen molar-refractivity contribution in [1.29, 1.82) is 0 Å². The number of nitro groups is 1. The second-order valence-electron chi connectivity index (χ2n) is 4.42. The van der Waals surface area contributed by atoms with Crippen LogP contribution in [0, 0.1) is 10.1 Å². The summed E-state index contributed by atoms with van der Waals surface area (Å²) in [5.41, 5.74) is 0.921. The number of nitrogens with one attached hydrogen (secondary N) is 1. The summed E-state index contributed by atoms with van der Waals surface area (Å²) >= 11 is 6.15. The molecule has 1 atom stereocenters. The first-order valence-electron chi connectivity index (χ1n) is 5.98. The quantitative estimate of drug-likeness (QED) is 0.675. The summed E-state index contributed by atoms with van der Waals surface area (Å²) < 4.78 is 0. The molecule has 0 saturated carbocycles. The van der Waals surface area contributed by atoms with E-state index in [4.69, 9.17) is 11.6 Å². The average molecular weight is 270 g/mol. The fourth-order valence-corrected chi connectivity index (χ4v) is 2.51. The van der Waals surface area contributed by atoms with Crippen LogP contribution < -0.4 is 5.32 Å². The van der Waals surface area contributed by atoms with Gasteiger partial charge in [0.15, 0.2) is 0 Å². The van der Waals surface area contributed by atoms with Gasteiger partial charge in [-0.2, -0.15) is 0 Å². The lowest BCUT2D eigenvalue weighted by Gasteiger charge is -2.33. The van der Waals surface area contributed by atoms with Crippen LogP contribution in [0.3, 0.4) is 0 Å². The van der Waals surface area contributed by atoms with Crippen LogP contribution in [0.5, 0.6) is 0 Å². The molecule has 1 aromatic carbocycles. The van der Waals surface area contributed by atoms with Crippen molar-refractivity contribution in [2.75, 3.05) is 26.2 Å². The van der Waals surface area contributed by atoms with E-state index in [1.807, 2.05) is 6.92 Å². The number of hydrogen-bond acceptors (Lipinski definition) is 4. The molecule has 6 heteroatoms. The highest BCUT2D eigenvalue weighted by molar-refractivity contribution is 6.31. The second kappa shape index (κ2) is 5.65. The molecular weight excluding hydrogens is 254 g/mol. The van der Waals surface area contributed by atoms with Crippen LogP contribution >= 0.6 is 11.6 Å². The molecule has 0 unspecified atom stereocenters. The number of nitrogens with zero attached hydrogens (tertiary/aromatic N) is 2. The first kappa shape index (κ1) is 13.3. The summed E-state index contributed by atoms with van der Waals surface area (Å²) in [4.78, 5) is 12.7.